The van der Waals surface area contributed by atoms with Crippen LogP contribution in [0.15, 0.2) is 24.3 Å². The van der Waals surface area contributed by atoms with Gasteiger partial charge in [-0.15, -0.1) is 0 Å². The molecule has 1 saturated heterocycles. The van der Waals surface area contributed by atoms with Gasteiger partial charge in [-0.1, -0.05) is 18.2 Å². The van der Waals surface area contributed by atoms with Crippen molar-refractivity contribution in [2.24, 2.45) is 0 Å². The number of hydrogen-bond acceptors (Lipinski definition) is 3. The molecular weight excluding hydrogens is 226 g/mol. The Morgan fingerprint density at radius 2 is 2.17 bits per heavy atom. The van der Waals surface area contributed by atoms with Gasteiger partial charge < -0.3 is 14.8 Å². The monoisotopic (exact) mass is 249 g/mol. The Morgan fingerprint density at radius 3 is 2.89 bits per heavy atom. The van der Waals surface area contributed by atoms with Crippen LogP contribution in [0.2, 0.25) is 0 Å². The highest BCUT2D eigenvalue weighted by molar-refractivity contribution is 5.33. The first-order valence-electron chi connectivity index (χ1n) is 6.58. The molecule has 0 amide bonds. The Bertz CT molecular complexity index is 390. The number of para-hydroxylation sites is 1. The third-order valence-corrected chi connectivity index (χ3v) is 3.33. The van der Waals surface area contributed by atoms with Gasteiger partial charge in [-0.2, -0.15) is 0 Å². The summed E-state index contributed by atoms with van der Waals surface area (Å²) >= 11 is 0. The van der Waals surface area contributed by atoms with Crippen LogP contribution < -0.4 is 10.1 Å². The van der Waals surface area contributed by atoms with E-state index < -0.39 is 0 Å². The Kier molecular flexibility index (Phi) is 4.25. The molecule has 1 fully saturated rings. The smallest absolute Gasteiger partial charge is 0.122 e. The molecule has 0 aliphatic carbocycles. The SMILES string of the molecule is COc1ccccc1CCC1COCC(C)(C)N1. The standard InChI is InChI=1S/C15H23NO2/c1-15(2)11-18-10-13(16-15)9-8-12-6-4-5-7-14(12)17-3/h4-7,13,16H,8-11H2,1-3H3. The number of hydrogen-bond donors (Lipinski definition) is 1. The number of aryl methyl sites for hydroxylation is 1. The van der Waals surface area contributed by atoms with Crippen molar-refractivity contribution < 1.29 is 9.47 Å². The number of nitrogens with one attached hydrogen (secondary N) is 1. The van der Waals surface area contributed by atoms with Gasteiger partial charge >= 0.3 is 0 Å². The first-order chi connectivity index (χ1) is 8.61. The van der Waals surface area contributed by atoms with Crippen LogP contribution in [0.5, 0.6) is 5.75 Å². The lowest BCUT2D eigenvalue weighted by Gasteiger charge is -2.37. The summed E-state index contributed by atoms with van der Waals surface area (Å²) < 4.78 is 11.0. The molecule has 2 rings (SSSR count). The first-order valence-corrected chi connectivity index (χ1v) is 6.58. The molecule has 1 unspecified atom stereocenters. The van der Waals surface area contributed by atoms with Gasteiger partial charge in [0.15, 0.2) is 0 Å². The van der Waals surface area contributed by atoms with Crippen molar-refractivity contribution in [1.82, 2.24) is 5.32 Å². The minimum atomic E-state index is 0.0870. The van der Waals surface area contributed by atoms with E-state index in [0.717, 1.165) is 31.8 Å². The fourth-order valence-electron chi connectivity index (χ4n) is 2.49. The molecule has 1 N–H and O–H groups in total. The molecule has 1 heterocycles. The average molecular weight is 249 g/mol. The minimum absolute atomic E-state index is 0.0870. The Balaban J connectivity index is 1.91. The zero-order chi connectivity index (χ0) is 13.0. The van der Waals surface area contributed by atoms with E-state index in [0.29, 0.717) is 6.04 Å². The summed E-state index contributed by atoms with van der Waals surface area (Å²) in [5.41, 5.74) is 1.36. The largest absolute Gasteiger partial charge is 0.496 e. The molecule has 1 aromatic rings. The van der Waals surface area contributed by atoms with Crippen molar-refractivity contribution in [2.75, 3.05) is 20.3 Å². The molecule has 100 valence electrons. The van der Waals surface area contributed by atoms with Crippen molar-refractivity contribution in [3.8, 4) is 5.75 Å². The summed E-state index contributed by atoms with van der Waals surface area (Å²) in [4.78, 5) is 0. The maximum absolute atomic E-state index is 5.65. The van der Waals surface area contributed by atoms with Crippen LogP contribution in [0, 0.1) is 0 Å². The highest BCUT2D eigenvalue weighted by Crippen LogP contribution is 2.21. The second-order valence-electron chi connectivity index (χ2n) is 5.59. The second-order valence-corrected chi connectivity index (χ2v) is 5.59. The molecule has 3 heteroatoms. The summed E-state index contributed by atoms with van der Waals surface area (Å²) in [5, 5.41) is 3.63. The second kappa shape index (κ2) is 5.72. The zero-order valence-corrected chi connectivity index (χ0v) is 11.5. The van der Waals surface area contributed by atoms with Gasteiger partial charge in [-0.05, 0) is 38.3 Å². The van der Waals surface area contributed by atoms with Crippen LogP contribution >= 0.6 is 0 Å². The molecule has 0 aromatic heterocycles. The topological polar surface area (TPSA) is 30.5 Å². The van der Waals surface area contributed by atoms with Gasteiger partial charge in [0.05, 0.1) is 20.3 Å². The quantitative estimate of drug-likeness (QED) is 0.889. The summed E-state index contributed by atoms with van der Waals surface area (Å²) in [6.07, 6.45) is 2.09. The fourth-order valence-corrected chi connectivity index (χ4v) is 2.49. The van der Waals surface area contributed by atoms with E-state index in [-0.39, 0.29) is 5.54 Å². The van der Waals surface area contributed by atoms with E-state index in [9.17, 15) is 0 Å². The molecule has 0 spiro atoms. The molecule has 1 aromatic carbocycles. The van der Waals surface area contributed by atoms with Crippen molar-refractivity contribution in [2.45, 2.75) is 38.3 Å². The van der Waals surface area contributed by atoms with E-state index in [1.165, 1.54) is 5.56 Å². The molecule has 0 bridgehead atoms. The van der Waals surface area contributed by atoms with Crippen molar-refractivity contribution >= 4 is 0 Å². The molecule has 18 heavy (non-hydrogen) atoms. The molecular formula is C15H23NO2. The molecule has 1 aliphatic rings. The molecule has 1 atom stereocenters. The Morgan fingerprint density at radius 1 is 1.39 bits per heavy atom. The third-order valence-electron chi connectivity index (χ3n) is 3.33. The van der Waals surface area contributed by atoms with Crippen LogP contribution in [-0.4, -0.2) is 31.9 Å². The van der Waals surface area contributed by atoms with Gasteiger partial charge in [-0.25, -0.2) is 0 Å². The van der Waals surface area contributed by atoms with Crippen LogP contribution in [0.1, 0.15) is 25.8 Å². The van der Waals surface area contributed by atoms with Gasteiger partial charge in [0.25, 0.3) is 0 Å². The van der Waals surface area contributed by atoms with E-state index in [1.807, 2.05) is 12.1 Å². The lowest BCUT2D eigenvalue weighted by atomic mass is 9.99. The molecule has 0 saturated carbocycles. The maximum atomic E-state index is 5.65. The van der Waals surface area contributed by atoms with Gasteiger partial charge in [0.2, 0.25) is 0 Å². The van der Waals surface area contributed by atoms with Crippen molar-refractivity contribution in [3.05, 3.63) is 29.8 Å². The third kappa shape index (κ3) is 3.47. The molecule has 1 aliphatic heterocycles. The summed E-state index contributed by atoms with van der Waals surface area (Å²) in [6, 6.07) is 8.65. The summed E-state index contributed by atoms with van der Waals surface area (Å²) in [5.74, 6) is 0.980. The maximum Gasteiger partial charge on any atom is 0.122 e. The average Bonchev–Trinajstić information content (AvgIpc) is 2.35. The van der Waals surface area contributed by atoms with Crippen molar-refractivity contribution in [3.63, 3.8) is 0 Å². The lowest BCUT2D eigenvalue weighted by Crippen LogP contribution is -2.55. The number of methoxy groups -OCH3 is 1. The molecule has 0 radical (unpaired) electrons. The van der Waals surface area contributed by atoms with E-state index in [1.54, 1.807) is 7.11 Å². The lowest BCUT2D eigenvalue weighted by molar-refractivity contribution is 0.0113. The van der Waals surface area contributed by atoms with Gasteiger partial charge in [-0.3, -0.25) is 0 Å². The van der Waals surface area contributed by atoms with E-state index in [4.69, 9.17) is 9.47 Å². The summed E-state index contributed by atoms with van der Waals surface area (Å²) in [6.45, 7) is 5.96. The minimum Gasteiger partial charge on any atom is -0.496 e. The van der Waals surface area contributed by atoms with Crippen LogP contribution in [0.25, 0.3) is 0 Å². The van der Waals surface area contributed by atoms with Crippen LogP contribution in [0.3, 0.4) is 0 Å². The highest BCUT2D eigenvalue weighted by atomic mass is 16.5. The summed E-state index contributed by atoms with van der Waals surface area (Å²) in [7, 11) is 1.73. The number of ether oxygens (including phenoxy) is 2. The number of morpholine rings is 1. The number of rotatable bonds is 4. The van der Waals surface area contributed by atoms with E-state index >= 15 is 0 Å². The zero-order valence-electron chi connectivity index (χ0n) is 11.5. The Labute approximate surface area is 109 Å². The normalized spacial score (nSPS) is 22.7. The van der Waals surface area contributed by atoms with Crippen LogP contribution in [0.4, 0.5) is 0 Å². The highest BCUT2D eigenvalue weighted by Gasteiger charge is 2.27. The predicted octanol–water partition coefficient (Wildman–Crippen LogP) is 2.39. The van der Waals surface area contributed by atoms with E-state index in [2.05, 4.69) is 31.3 Å². The Hall–Kier alpha value is -1.06. The van der Waals surface area contributed by atoms with Crippen molar-refractivity contribution in [1.29, 1.82) is 0 Å². The predicted molar refractivity (Wildman–Crippen MR) is 73.1 cm³/mol. The van der Waals surface area contributed by atoms with Gasteiger partial charge in [0.1, 0.15) is 5.75 Å². The number of benzene rings is 1. The first kappa shape index (κ1) is 13.4. The fraction of sp³-hybridized carbons (Fsp3) is 0.600. The van der Waals surface area contributed by atoms with Gasteiger partial charge in [0, 0.05) is 11.6 Å². The molecule has 3 nitrogen and oxygen atoms in total. The van der Waals surface area contributed by atoms with Crippen LogP contribution in [-0.2, 0) is 11.2 Å².